The van der Waals surface area contributed by atoms with E-state index >= 15 is 0 Å². The Morgan fingerprint density at radius 2 is 1.91 bits per heavy atom. The first-order chi connectivity index (χ1) is 10.7. The summed E-state index contributed by atoms with van der Waals surface area (Å²) in [7, 11) is 1.99. The van der Waals surface area contributed by atoms with Crippen molar-refractivity contribution < 1.29 is 4.42 Å². The minimum atomic E-state index is 0.839. The summed E-state index contributed by atoms with van der Waals surface area (Å²) in [5.41, 5.74) is 2.28. The molecule has 0 fully saturated rings. The van der Waals surface area contributed by atoms with E-state index < -0.39 is 0 Å². The molecule has 0 atom stereocenters. The van der Waals surface area contributed by atoms with Crippen molar-refractivity contribution in [2.75, 3.05) is 6.26 Å². The molecule has 3 rings (SSSR count). The Hall–Kier alpha value is -1.66. The maximum Gasteiger partial charge on any atom is 0.191 e. The molecule has 0 aliphatic rings. The quantitative estimate of drug-likeness (QED) is 0.648. The predicted molar refractivity (Wildman–Crippen MR) is 91.2 cm³/mol. The normalized spacial score (nSPS) is 11.0. The molecule has 22 heavy (non-hydrogen) atoms. The fourth-order valence-electron chi connectivity index (χ4n) is 2.16. The van der Waals surface area contributed by atoms with Crippen LogP contribution in [-0.4, -0.2) is 21.0 Å². The first kappa shape index (κ1) is 15.2. The Balaban J connectivity index is 1.73. The number of benzene rings is 1. The van der Waals surface area contributed by atoms with Crippen LogP contribution in [0.15, 0.2) is 51.1 Å². The van der Waals surface area contributed by atoms with Crippen LogP contribution in [0, 0.1) is 6.92 Å². The smallest absolute Gasteiger partial charge is 0.191 e. The van der Waals surface area contributed by atoms with Crippen molar-refractivity contribution in [3.63, 3.8) is 0 Å². The van der Waals surface area contributed by atoms with Gasteiger partial charge in [-0.25, -0.2) is 0 Å². The van der Waals surface area contributed by atoms with Crippen LogP contribution < -0.4 is 0 Å². The first-order valence-electron chi connectivity index (χ1n) is 6.88. The van der Waals surface area contributed by atoms with Crippen molar-refractivity contribution >= 4 is 23.5 Å². The molecule has 2 aromatic heterocycles. The van der Waals surface area contributed by atoms with E-state index in [1.54, 1.807) is 29.8 Å². The number of nitrogens with zero attached hydrogens (tertiary/aromatic N) is 3. The fourth-order valence-corrected chi connectivity index (χ4v) is 3.44. The van der Waals surface area contributed by atoms with E-state index in [1.165, 1.54) is 10.5 Å². The van der Waals surface area contributed by atoms with Gasteiger partial charge in [0.05, 0.1) is 11.8 Å². The minimum Gasteiger partial charge on any atom is -0.469 e. The van der Waals surface area contributed by atoms with Gasteiger partial charge in [0.1, 0.15) is 5.76 Å². The van der Waals surface area contributed by atoms with E-state index in [2.05, 4.69) is 40.7 Å². The lowest BCUT2D eigenvalue weighted by molar-refractivity contribution is 0.534. The standard InChI is InChI=1S/C16H17N3OS2/c1-11-14(8-9-20-11)15-17-18-16(19(15)2)22-10-12-4-6-13(21-3)7-5-12/h4-9H,10H2,1-3H3. The zero-order valence-corrected chi connectivity index (χ0v) is 14.4. The van der Waals surface area contributed by atoms with E-state index in [1.807, 2.05) is 24.6 Å². The molecule has 114 valence electrons. The predicted octanol–water partition coefficient (Wildman–Crippen LogP) is 4.40. The Kier molecular flexibility index (Phi) is 4.59. The van der Waals surface area contributed by atoms with Gasteiger partial charge in [-0.3, -0.25) is 0 Å². The Bertz CT molecular complexity index is 762. The molecule has 0 aliphatic carbocycles. The summed E-state index contributed by atoms with van der Waals surface area (Å²) in [6.07, 6.45) is 3.77. The number of thioether (sulfide) groups is 2. The van der Waals surface area contributed by atoms with E-state index in [0.29, 0.717) is 0 Å². The molecule has 0 bridgehead atoms. The number of rotatable bonds is 5. The van der Waals surface area contributed by atoms with Crippen molar-refractivity contribution in [3.05, 3.63) is 47.9 Å². The van der Waals surface area contributed by atoms with E-state index in [9.17, 15) is 0 Å². The maximum absolute atomic E-state index is 5.34. The summed E-state index contributed by atoms with van der Waals surface area (Å²) in [4.78, 5) is 1.28. The third-order valence-corrected chi connectivity index (χ3v) is 5.30. The van der Waals surface area contributed by atoms with Gasteiger partial charge >= 0.3 is 0 Å². The molecule has 1 aromatic carbocycles. The van der Waals surface area contributed by atoms with Gasteiger partial charge in [0.25, 0.3) is 0 Å². The summed E-state index contributed by atoms with van der Waals surface area (Å²) in [5, 5.41) is 9.49. The van der Waals surface area contributed by atoms with Gasteiger partial charge in [-0.2, -0.15) is 0 Å². The zero-order valence-electron chi connectivity index (χ0n) is 12.7. The molecular weight excluding hydrogens is 314 g/mol. The number of hydrogen-bond donors (Lipinski definition) is 0. The van der Waals surface area contributed by atoms with Crippen LogP contribution in [0.2, 0.25) is 0 Å². The molecule has 0 aliphatic heterocycles. The van der Waals surface area contributed by atoms with Crippen molar-refractivity contribution in [3.8, 4) is 11.4 Å². The van der Waals surface area contributed by atoms with Gasteiger partial charge in [-0.15, -0.1) is 22.0 Å². The number of furan rings is 1. The van der Waals surface area contributed by atoms with Crippen LogP contribution in [0.3, 0.4) is 0 Å². The molecule has 0 amide bonds. The molecule has 0 radical (unpaired) electrons. The Morgan fingerprint density at radius 1 is 1.14 bits per heavy atom. The van der Waals surface area contributed by atoms with Gasteiger partial charge in [0.15, 0.2) is 11.0 Å². The maximum atomic E-state index is 5.34. The summed E-state index contributed by atoms with van der Waals surface area (Å²) in [5.74, 6) is 2.58. The largest absolute Gasteiger partial charge is 0.469 e. The summed E-state index contributed by atoms with van der Waals surface area (Å²) < 4.78 is 7.36. The molecule has 4 nitrogen and oxygen atoms in total. The van der Waals surface area contributed by atoms with Gasteiger partial charge in [-0.1, -0.05) is 23.9 Å². The molecule has 0 saturated heterocycles. The Morgan fingerprint density at radius 3 is 2.55 bits per heavy atom. The second kappa shape index (κ2) is 6.62. The molecule has 2 heterocycles. The van der Waals surface area contributed by atoms with Crippen LogP contribution >= 0.6 is 23.5 Å². The average Bonchev–Trinajstić information content (AvgIpc) is 3.11. The number of hydrogen-bond acceptors (Lipinski definition) is 5. The minimum absolute atomic E-state index is 0.839. The molecule has 0 spiro atoms. The van der Waals surface area contributed by atoms with Crippen LogP contribution in [0.4, 0.5) is 0 Å². The highest BCUT2D eigenvalue weighted by atomic mass is 32.2. The lowest BCUT2D eigenvalue weighted by Crippen LogP contribution is -1.95. The van der Waals surface area contributed by atoms with Crippen LogP contribution in [-0.2, 0) is 12.8 Å². The van der Waals surface area contributed by atoms with Crippen molar-refractivity contribution in [2.24, 2.45) is 7.05 Å². The third-order valence-electron chi connectivity index (χ3n) is 3.46. The van der Waals surface area contributed by atoms with Gasteiger partial charge in [0.2, 0.25) is 0 Å². The Labute approximate surface area is 138 Å². The highest BCUT2D eigenvalue weighted by Gasteiger charge is 2.14. The van der Waals surface area contributed by atoms with E-state index in [0.717, 1.165) is 28.1 Å². The van der Waals surface area contributed by atoms with Gasteiger partial charge < -0.3 is 8.98 Å². The van der Waals surface area contributed by atoms with Crippen LogP contribution in [0.1, 0.15) is 11.3 Å². The third kappa shape index (κ3) is 3.08. The van der Waals surface area contributed by atoms with E-state index in [-0.39, 0.29) is 0 Å². The molecular formula is C16H17N3OS2. The molecule has 0 saturated carbocycles. The van der Waals surface area contributed by atoms with Crippen molar-refractivity contribution in [1.29, 1.82) is 0 Å². The highest BCUT2D eigenvalue weighted by Crippen LogP contribution is 2.27. The average molecular weight is 331 g/mol. The topological polar surface area (TPSA) is 43.9 Å². The molecule has 3 aromatic rings. The summed E-state index contributed by atoms with van der Waals surface area (Å²) in [6, 6.07) is 10.6. The first-order valence-corrected chi connectivity index (χ1v) is 9.09. The molecule has 0 unspecified atom stereocenters. The fraction of sp³-hybridized carbons (Fsp3) is 0.250. The van der Waals surface area contributed by atoms with Gasteiger partial charge in [-0.05, 0) is 36.9 Å². The van der Waals surface area contributed by atoms with E-state index in [4.69, 9.17) is 4.42 Å². The number of aryl methyl sites for hydroxylation is 1. The van der Waals surface area contributed by atoms with Crippen LogP contribution in [0.5, 0.6) is 0 Å². The molecule has 0 N–H and O–H groups in total. The van der Waals surface area contributed by atoms with Crippen molar-refractivity contribution in [2.45, 2.75) is 22.7 Å². The second-order valence-corrected chi connectivity index (χ2v) is 6.71. The molecule has 6 heteroatoms. The van der Waals surface area contributed by atoms with Gasteiger partial charge in [0, 0.05) is 17.7 Å². The lowest BCUT2D eigenvalue weighted by Gasteiger charge is -2.04. The zero-order chi connectivity index (χ0) is 15.5. The highest BCUT2D eigenvalue weighted by molar-refractivity contribution is 7.98. The van der Waals surface area contributed by atoms with Crippen LogP contribution in [0.25, 0.3) is 11.4 Å². The van der Waals surface area contributed by atoms with Crippen molar-refractivity contribution in [1.82, 2.24) is 14.8 Å². The second-order valence-electron chi connectivity index (χ2n) is 4.89. The lowest BCUT2D eigenvalue weighted by atomic mass is 10.2. The SMILES string of the molecule is CSc1ccc(CSc2nnc(-c3ccoc3C)n2C)cc1. The monoisotopic (exact) mass is 331 g/mol. The summed E-state index contributed by atoms with van der Waals surface area (Å²) in [6.45, 7) is 1.93. The number of aromatic nitrogens is 3. The summed E-state index contributed by atoms with van der Waals surface area (Å²) >= 11 is 3.44.